The Bertz CT molecular complexity index is 3180. The Balaban J connectivity index is 1.18. The van der Waals surface area contributed by atoms with Crippen LogP contribution in [0, 0.1) is 0 Å². The molecule has 0 saturated heterocycles. The lowest BCUT2D eigenvalue weighted by molar-refractivity contribution is 0.801. The molecule has 0 aliphatic heterocycles. The Morgan fingerprint density at radius 3 is 1.96 bits per heavy atom. The van der Waals surface area contributed by atoms with Crippen LogP contribution in [0.25, 0.3) is 87.1 Å². The van der Waals surface area contributed by atoms with Gasteiger partial charge in [-0.15, -0.1) is 11.3 Å². The number of fused-ring (bicyclic) bond motifs is 15. The lowest BCUT2D eigenvalue weighted by Gasteiger charge is -2.31. The molecule has 54 heavy (non-hydrogen) atoms. The van der Waals surface area contributed by atoms with Gasteiger partial charge in [0.2, 0.25) is 0 Å². The van der Waals surface area contributed by atoms with Crippen molar-refractivity contribution in [3.05, 3.63) is 204 Å². The van der Waals surface area contributed by atoms with Crippen LogP contribution in [0.2, 0.25) is 0 Å². The summed E-state index contributed by atoms with van der Waals surface area (Å²) in [4.78, 5) is 11.1. The molecule has 2 aromatic heterocycles. The molecular weight excluding hydrogens is 673 g/mol. The minimum atomic E-state index is -0.485. The molecular formula is C51H30N2S. The topological polar surface area (TPSA) is 25.8 Å². The Morgan fingerprint density at radius 1 is 0.426 bits per heavy atom. The van der Waals surface area contributed by atoms with Gasteiger partial charge in [0.25, 0.3) is 0 Å². The van der Waals surface area contributed by atoms with Crippen LogP contribution < -0.4 is 0 Å². The van der Waals surface area contributed by atoms with Crippen molar-refractivity contribution in [1.82, 2.24) is 9.97 Å². The number of hydrogen-bond acceptors (Lipinski definition) is 3. The van der Waals surface area contributed by atoms with Crippen LogP contribution in [0.1, 0.15) is 22.3 Å². The second-order valence-corrected chi connectivity index (χ2v) is 15.4. The number of rotatable bonds is 3. The number of thiophene rings is 1. The highest BCUT2D eigenvalue weighted by Gasteiger charge is 2.53. The van der Waals surface area contributed by atoms with E-state index in [0.29, 0.717) is 0 Å². The summed E-state index contributed by atoms with van der Waals surface area (Å²) in [6.07, 6.45) is 0. The molecule has 3 heteroatoms. The summed E-state index contributed by atoms with van der Waals surface area (Å²) in [5, 5.41) is 3.71. The van der Waals surface area contributed by atoms with Gasteiger partial charge in [0.05, 0.1) is 21.3 Å². The first kappa shape index (κ1) is 29.9. The second kappa shape index (κ2) is 11.2. The zero-order valence-corrected chi connectivity index (χ0v) is 29.9. The first-order valence-electron chi connectivity index (χ1n) is 18.5. The van der Waals surface area contributed by atoms with Crippen molar-refractivity contribution in [2.75, 3.05) is 0 Å². The van der Waals surface area contributed by atoms with E-state index < -0.39 is 5.41 Å². The fourth-order valence-corrected chi connectivity index (χ4v) is 10.7. The van der Waals surface area contributed by atoms with Crippen molar-refractivity contribution < 1.29 is 0 Å². The van der Waals surface area contributed by atoms with E-state index in [1.807, 2.05) is 0 Å². The molecule has 1 atom stereocenters. The van der Waals surface area contributed by atoms with Crippen LogP contribution in [0.5, 0.6) is 0 Å². The molecule has 1 spiro atoms. The van der Waals surface area contributed by atoms with Crippen LogP contribution in [0.15, 0.2) is 182 Å². The molecule has 2 nitrogen and oxygen atoms in total. The van der Waals surface area contributed by atoms with Gasteiger partial charge in [-0.1, -0.05) is 170 Å². The van der Waals surface area contributed by atoms with Crippen LogP contribution in [-0.4, -0.2) is 9.97 Å². The Hall–Kier alpha value is -6.68. The second-order valence-electron chi connectivity index (χ2n) is 14.4. The minimum absolute atomic E-state index is 0.485. The molecule has 0 saturated carbocycles. The molecule has 2 heterocycles. The van der Waals surface area contributed by atoms with Crippen LogP contribution >= 0.6 is 11.3 Å². The molecule has 0 bridgehead atoms. The molecule has 10 aromatic rings. The molecule has 12 rings (SSSR count). The van der Waals surface area contributed by atoms with Crippen LogP contribution in [0.3, 0.4) is 0 Å². The highest BCUT2D eigenvalue weighted by molar-refractivity contribution is 7.26. The van der Waals surface area contributed by atoms with Gasteiger partial charge in [-0.05, 0) is 78.5 Å². The van der Waals surface area contributed by atoms with E-state index in [2.05, 4.69) is 182 Å². The smallest absolute Gasteiger partial charge is 0.161 e. The minimum Gasteiger partial charge on any atom is -0.226 e. The van der Waals surface area contributed by atoms with Gasteiger partial charge >= 0.3 is 0 Å². The van der Waals surface area contributed by atoms with E-state index in [-0.39, 0.29) is 0 Å². The molecule has 0 radical (unpaired) electrons. The standard InChI is InChI=1S/C51H30N2S/c1-2-14-31(15-3-1)33-17-12-18-34(30-33)47-49-48(39-22-8-11-27-44(39)54-49)53-50(52-47)40-23-13-26-43-45(40)38-21-7-10-25-42(38)51(43)41-24-9-6-20-36(41)37-29-28-32-16-4-5-19-35(32)46(37)51/h1-30H. The Morgan fingerprint density at radius 2 is 1.07 bits per heavy atom. The molecule has 0 N–H and O–H groups in total. The van der Waals surface area contributed by atoms with Gasteiger partial charge in [0.1, 0.15) is 0 Å². The van der Waals surface area contributed by atoms with Crippen molar-refractivity contribution in [2.24, 2.45) is 0 Å². The fourth-order valence-electron chi connectivity index (χ4n) is 9.54. The van der Waals surface area contributed by atoms with Crippen molar-refractivity contribution in [1.29, 1.82) is 0 Å². The van der Waals surface area contributed by atoms with Gasteiger partial charge in [0, 0.05) is 21.2 Å². The average molecular weight is 703 g/mol. The number of benzene rings is 8. The number of hydrogen-bond donors (Lipinski definition) is 0. The maximum Gasteiger partial charge on any atom is 0.161 e. The average Bonchev–Trinajstić information content (AvgIpc) is 3.88. The van der Waals surface area contributed by atoms with Gasteiger partial charge in [0.15, 0.2) is 5.82 Å². The highest BCUT2D eigenvalue weighted by Crippen LogP contribution is 2.65. The molecule has 250 valence electrons. The lowest BCUT2D eigenvalue weighted by Crippen LogP contribution is -2.26. The first-order chi connectivity index (χ1) is 26.8. The molecule has 8 aromatic carbocycles. The van der Waals surface area contributed by atoms with E-state index in [1.165, 1.54) is 71.1 Å². The SMILES string of the molecule is c1ccc(-c2cccc(-c3nc(-c4cccc5c4-c4ccccc4C54c5ccccc5-c5ccc6ccccc6c54)nc4c3sc3ccccc34)c2)cc1. The van der Waals surface area contributed by atoms with Crippen LogP contribution in [0.4, 0.5) is 0 Å². The maximum absolute atomic E-state index is 5.57. The van der Waals surface area contributed by atoms with Crippen molar-refractivity contribution in [2.45, 2.75) is 5.41 Å². The van der Waals surface area contributed by atoms with Gasteiger partial charge in [-0.3, -0.25) is 0 Å². The van der Waals surface area contributed by atoms with Gasteiger partial charge in [-0.2, -0.15) is 0 Å². The predicted molar refractivity (Wildman–Crippen MR) is 225 cm³/mol. The summed E-state index contributed by atoms with van der Waals surface area (Å²) < 4.78 is 2.33. The van der Waals surface area contributed by atoms with Gasteiger partial charge in [-0.25, -0.2) is 9.97 Å². The maximum atomic E-state index is 5.57. The van der Waals surface area contributed by atoms with E-state index in [4.69, 9.17) is 9.97 Å². The highest BCUT2D eigenvalue weighted by atomic mass is 32.1. The summed E-state index contributed by atoms with van der Waals surface area (Å²) in [7, 11) is 0. The summed E-state index contributed by atoms with van der Waals surface area (Å²) in [5.74, 6) is 0.749. The third-order valence-corrected chi connectivity index (χ3v) is 12.9. The summed E-state index contributed by atoms with van der Waals surface area (Å²) in [5.41, 5.74) is 16.3. The molecule has 0 amide bonds. The Kier molecular flexibility index (Phi) is 6.17. The monoisotopic (exact) mass is 702 g/mol. The Labute approximate surface area is 316 Å². The lowest BCUT2D eigenvalue weighted by atomic mass is 9.69. The third kappa shape index (κ3) is 3.94. The summed E-state index contributed by atoms with van der Waals surface area (Å²) in [6, 6.07) is 66.4. The number of nitrogens with zero attached hydrogens (tertiary/aromatic N) is 2. The summed E-state index contributed by atoms with van der Waals surface area (Å²) in [6.45, 7) is 0. The van der Waals surface area contributed by atoms with Gasteiger partial charge < -0.3 is 0 Å². The van der Waals surface area contributed by atoms with E-state index in [1.54, 1.807) is 11.3 Å². The predicted octanol–water partition coefficient (Wildman–Crippen LogP) is 13.3. The van der Waals surface area contributed by atoms with E-state index >= 15 is 0 Å². The zero-order chi connectivity index (χ0) is 35.4. The largest absolute Gasteiger partial charge is 0.226 e. The van der Waals surface area contributed by atoms with Crippen molar-refractivity contribution in [3.8, 4) is 56.0 Å². The number of aromatic nitrogens is 2. The molecule has 1 unspecified atom stereocenters. The zero-order valence-electron chi connectivity index (χ0n) is 29.1. The molecule has 0 fully saturated rings. The van der Waals surface area contributed by atoms with E-state index in [0.717, 1.165) is 38.2 Å². The van der Waals surface area contributed by atoms with Crippen molar-refractivity contribution >= 4 is 42.4 Å². The quantitative estimate of drug-likeness (QED) is 0.183. The first-order valence-corrected chi connectivity index (χ1v) is 19.3. The van der Waals surface area contributed by atoms with E-state index in [9.17, 15) is 0 Å². The summed E-state index contributed by atoms with van der Waals surface area (Å²) >= 11 is 1.78. The third-order valence-electron chi connectivity index (χ3n) is 11.7. The van der Waals surface area contributed by atoms with Crippen molar-refractivity contribution in [3.63, 3.8) is 0 Å². The molecule has 2 aliphatic rings. The normalized spacial score (nSPS) is 15.1. The molecule has 2 aliphatic carbocycles. The fraction of sp³-hybridized carbons (Fsp3) is 0.0196. The van der Waals surface area contributed by atoms with Crippen LogP contribution in [-0.2, 0) is 5.41 Å².